The number of amidine groups is 1. The van der Waals surface area contributed by atoms with Crippen molar-refractivity contribution >= 4 is 29.1 Å². The fraction of sp³-hybridized carbons (Fsp3) is 0.600. The number of aliphatic imine (C=N–C) groups is 1. The molecular formula is C30H37F3N6O3. The summed E-state index contributed by atoms with van der Waals surface area (Å²) < 4.78 is 48.2. The maximum Gasteiger partial charge on any atom is 0.225 e. The second-order valence-corrected chi connectivity index (χ2v) is 11.9. The van der Waals surface area contributed by atoms with E-state index in [1.807, 2.05) is 4.90 Å². The largest absolute Gasteiger partial charge is 0.393 e. The van der Waals surface area contributed by atoms with E-state index in [2.05, 4.69) is 20.6 Å². The van der Waals surface area contributed by atoms with Gasteiger partial charge >= 0.3 is 0 Å². The number of aromatic nitrogens is 2. The minimum atomic E-state index is -1.06. The van der Waals surface area contributed by atoms with E-state index >= 15 is 0 Å². The van der Waals surface area contributed by atoms with E-state index in [-0.39, 0.29) is 35.8 Å². The number of aliphatic hydroxyl groups excluding tert-OH is 1. The number of likely N-dealkylation sites (tertiary alicyclic amines) is 1. The van der Waals surface area contributed by atoms with Crippen molar-refractivity contribution in [2.45, 2.75) is 69.9 Å². The molecule has 9 nitrogen and oxygen atoms in total. The summed E-state index contributed by atoms with van der Waals surface area (Å²) in [7, 11) is 0. The second kappa shape index (κ2) is 12.5. The van der Waals surface area contributed by atoms with Crippen LogP contribution in [0.4, 0.5) is 30.5 Å². The molecule has 226 valence electrons. The van der Waals surface area contributed by atoms with Crippen molar-refractivity contribution in [3.8, 4) is 0 Å². The molecule has 0 radical (unpaired) electrons. The maximum absolute atomic E-state index is 14.5. The molecule has 1 aromatic carbocycles. The number of carbonyl (C=O) groups excluding carboxylic acids is 1. The van der Waals surface area contributed by atoms with E-state index in [1.165, 1.54) is 0 Å². The first kappa shape index (κ1) is 28.9. The Morgan fingerprint density at radius 3 is 2.48 bits per heavy atom. The highest BCUT2D eigenvalue weighted by molar-refractivity contribution is 6.00. The van der Waals surface area contributed by atoms with Gasteiger partial charge in [-0.25, -0.2) is 28.1 Å². The Balaban J connectivity index is 1.14. The molecule has 2 atom stereocenters. The van der Waals surface area contributed by atoms with Crippen LogP contribution in [0.5, 0.6) is 0 Å². The zero-order valence-corrected chi connectivity index (χ0v) is 23.5. The Morgan fingerprint density at radius 1 is 1.05 bits per heavy atom. The number of anilines is 2. The van der Waals surface area contributed by atoms with Crippen LogP contribution in [0.2, 0.25) is 0 Å². The molecule has 1 saturated carbocycles. The molecular weight excluding hydrogens is 549 g/mol. The van der Waals surface area contributed by atoms with Crippen LogP contribution in [0.15, 0.2) is 23.3 Å². The number of fused-ring (bicyclic) bond motifs is 1. The molecule has 0 spiro atoms. The van der Waals surface area contributed by atoms with Gasteiger partial charge in [0.15, 0.2) is 11.6 Å². The molecule has 6 rings (SSSR count). The predicted molar refractivity (Wildman–Crippen MR) is 151 cm³/mol. The highest BCUT2D eigenvalue weighted by Crippen LogP contribution is 2.35. The smallest absolute Gasteiger partial charge is 0.225 e. The topological polar surface area (TPSA) is 112 Å². The van der Waals surface area contributed by atoms with E-state index in [0.29, 0.717) is 81.6 Å². The van der Waals surface area contributed by atoms with Gasteiger partial charge in [0.2, 0.25) is 11.9 Å². The highest BCUT2D eigenvalue weighted by Gasteiger charge is 2.34. The van der Waals surface area contributed by atoms with Gasteiger partial charge in [0.05, 0.1) is 30.3 Å². The number of benzene rings is 1. The van der Waals surface area contributed by atoms with Crippen LogP contribution in [0.25, 0.3) is 0 Å². The summed E-state index contributed by atoms with van der Waals surface area (Å²) in [5, 5.41) is 16.4. The average molecular weight is 587 g/mol. The number of amides is 1. The number of nitrogens with zero attached hydrogens (tertiary/aromatic N) is 4. The number of halogens is 3. The first-order valence-electron chi connectivity index (χ1n) is 15.0. The van der Waals surface area contributed by atoms with Crippen molar-refractivity contribution in [3.05, 3.63) is 41.5 Å². The number of aryl methyl sites for hydroxylation is 1. The molecule has 3 aliphatic heterocycles. The van der Waals surface area contributed by atoms with Crippen molar-refractivity contribution in [1.82, 2.24) is 14.9 Å². The molecule has 42 heavy (non-hydrogen) atoms. The standard InChI is InChI=1S/C30H37F3N6O3/c31-19-13-23(32)27(24(33)14-19)38-28-22(18-9-12-42-16-18)5-6-25-26(36-28)15-34-30(37-25)35-20-3-1-17(2-4-20)29(41)39-10-7-21(40)8-11-39/h13-15,17-18,20-22,40H,1-12,16H2,(H,36,38)(H,34,35,37)/t17?,18-,20?,22?/m1/s1. The number of hydrogen-bond donors (Lipinski definition) is 3. The Labute approximate surface area is 243 Å². The van der Waals surface area contributed by atoms with Crippen molar-refractivity contribution in [2.75, 3.05) is 36.9 Å². The van der Waals surface area contributed by atoms with Gasteiger partial charge in [0.25, 0.3) is 0 Å². The lowest BCUT2D eigenvalue weighted by molar-refractivity contribution is -0.138. The van der Waals surface area contributed by atoms with Gasteiger partial charge in [-0.05, 0) is 63.7 Å². The summed E-state index contributed by atoms with van der Waals surface area (Å²) in [6.07, 6.45) is 7.98. The van der Waals surface area contributed by atoms with Crippen LogP contribution in [0.1, 0.15) is 57.1 Å². The number of nitrogens with one attached hydrogen (secondary N) is 2. The Kier molecular flexibility index (Phi) is 8.62. The Hall–Kier alpha value is -3.25. The van der Waals surface area contributed by atoms with E-state index in [4.69, 9.17) is 9.72 Å². The first-order chi connectivity index (χ1) is 20.3. The van der Waals surface area contributed by atoms with E-state index in [1.54, 1.807) is 6.20 Å². The van der Waals surface area contributed by atoms with Crippen LogP contribution in [-0.2, 0) is 16.0 Å². The van der Waals surface area contributed by atoms with Gasteiger partial charge in [-0.3, -0.25) is 4.79 Å². The average Bonchev–Trinajstić information content (AvgIpc) is 3.45. The van der Waals surface area contributed by atoms with E-state index in [9.17, 15) is 23.1 Å². The van der Waals surface area contributed by atoms with Gasteiger partial charge < -0.3 is 25.4 Å². The molecule has 1 unspecified atom stereocenters. The van der Waals surface area contributed by atoms with Crippen molar-refractivity contribution in [3.63, 3.8) is 0 Å². The third-order valence-electron chi connectivity index (χ3n) is 9.11. The van der Waals surface area contributed by atoms with E-state index in [0.717, 1.165) is 37.8 Å². The van der Waals surface area contributed by atoms with Gasteiger partial charge in [0.1, 0.15) is 17.3 Å². The molecule has 12 heteroatoms. The molecule has 2 saturated heterocycles. The van der Waals surface area contributed by atoms with Crippen LogP contribution in [0, 0.1) is 35.2 Å². The summed E-state index contributed by atoms with van der Waals surface area (Å²) in [6.45, 7) is 2.40. The van der Waals surface area contributed by atoms with Crippen LogP contribution in [-0.4, -0.2) is 70.2 Å². The number of ether oxygens (including phenoxy) is 1. The van der Waals surface area contributed by atoms with Crippen molar-refractivity contribution in [1.29, 1.82) is 0 Å². The second-order valence-electron chi connectivity index (χ2n) is 11.9. The third kappa shape index (κ3) is 6.39. The van der Waals surface area contributed by atoms with Crippen LogP contribution in [0.3, 0.4) is 0 Å². The molecule has 4 heterocycles. The van der Waals surface area contributed by atoms with Crippen LogP contribution >= 0.6 is 0 Å². The summed E-state index contributed by atoms with van der Waals surface area (Å²) in [6, 6.07) is 1.41. The molecule has 4 aliphatic rings. The number of aliphatic hydroxyl groups is 1. The number of carbonyl (C=O) groups is 1. The minimum absolute atomic E-state index is 0.0143. The van der Waals surface area contributed by atoms with Crippen LogP contribution < -0.4 is 10.6 Å². The molecule has 1 aliphatic carbocycles. The van der Waals surface area contributed by atoms with Crippen molar-refractivity contribution < 1.29 is 27.8 Å². The number of hydrogen-bond acceptors (Lipinski definition) is 7. The lowest BCUT2D eigenvalue weighted by Crippen LogP contribution is -2.44. The van der Waals surface area contributed by atoms with Gasteiger partial charge in [-0.1, -0.05) is 0 Å². The summed E-state index contributed by atoms with van der Waals surface area (Å²) >= 11 is 0. The molecule has 3 N–H and O–H groups in total. The van der Waals surface area contributed by atoms with Gasteiger partial charge in [-0.2, -0.15) is 0 Å². The lowest BCUT2D eigenvalue weighted by Gasteiger charge is -2.35. The first-order valence-corrected chi connectivity index (χ1v) is 15.0. The summed E-state index contributed by atoms with van der Waals surface area (Å²) in [5.74, 6) is -2.03. The van der Waals surface area contributed by atoms with E-state index < -0.39 is 23.1 Å². The Bertz CT molecular complexity index is 1300. The highest BCUT2D eigenvalue weighted by atomic mass is 19.1. The summed E-state index contributed by atoms with van der Waals surface area (Å²) in [4.78, 5) is 28.5. The lowest BCUT2D eigenvalue weighted by atomic mass is 9.85. The normalized spacial score (nSPS) is 27.8. The van der Waals surface area contributed by atoms with Crippen molar-refractivity contribution in [2.24, 2.45) is 22.7 Å². The molecule has 2 aromatic rings. The monoisotopic (exact) mass is 586 g/mol. The molecule has 3 fully saturated rings. The molecule has 0 bridgehead atoms. The third-order valence-corrected chi connectivity index (χ3v) is 9.11. The quantitative estimate of drug-likeness (QED) is 0.470. The SMILES string of the molecule is O=C(C1CCC(Nc2ncc3c(n2)CCC([C@@H]2CCOC2)C(=Nc2c(F)cc(F)cc2F)N3)CC1)N1CCC(O)CC1. The maximum atomic E-state index is 14.5. The van der Waals surface area contributed by atoms with Gasteiger partial charge in [-0.15, -0.1) is 0 Å². The zero-order valence-electron chi connectivity index (χ0n) is 23.5. The number of piperidine rings is 1. The Morgan fingerprint density at radius 2 is 1.79 bits per heavy atom. The fourth-order valence-electron chi connectivity index (χ4n) is 6.65. The fourth-order valence-corrected chi connectivity index (χ4v) is 6.65. The molecule has 1 amide bonds. The zero-order chi connectivity index (χ0) is 29.2. The predicted octanol–water partition coefficient (Wildman–Crippen LogP) is 4.59. The molecule has 1 aromatic heterocycles. The number of rotatable bonds is 5. The minimum Gasteiger partial charge on any atom is -0.393 e. The summed E-state index contributed by atoms with van der Waals surface area (Å²) in [5.41, 5.74) is 0.861. The van der Waals surface area contributed by atoms with Gasteiger partial charge in [0, 0.05) is 49.7 Å².